The number of hydrogen-bond donors (Lipinski definition) is 0. The van der Waals surface area contributed by atoms with Gasteiger partial charge in [0.05, 0.1) is 6.61 Å². The molecule has 0 bridgehead atoms. The van der Waals surface area contributed by atoms with Gasteiger partial charge in [0.1, 0.15) is 6.29 Å². The third-order valence-corrected chi connectivity index (χ3v) is 0.563. The fourth-order valence-corrected chi connectivity index (χ4v) is 0.233. The summed E-state index contributed by atoms with van der Waals surface area (Å²) in [5.74, 6) is -1.31. The molecule has 0 amide bonds. The minimum Gasteiger partial charge on any atom is -0.460 e. The topological polar surface area (TPSA) is 60.4 Å². The maximum absolute atomic E-state index is 10.2. The number of ether oxygens (including phenoxy) is 1. The van der Waals surface area contributed by atoms with Crippen molar-refractivity contribution in [1.82, 2.24) is 0 Å². The van der Waals surface area contributed by atoms with Gasteiger partial charge < -0.3 is 9.53 Å². The number of rotatable bonds is 2. The van der Waals surface area contributed by atoms with Crippen LogP contribution in [0.3, 0.4) is 0 Å². The van der Waals surface area contributed by atoms with E-state index in [0.717, 1.165) is 6.29 Å². The van der Waals surface area contributed by atoms with Crippen molar-refractivity contribution in [2.75, 3.05) is 6.61 Å². The number of Topliss-reactive ketones (excluding diaryl/α,β-unsaturated/α-hetero) is 1. The molecule has 0 aliphatic rings. The SMILES string of the molecule is CC=O.CCOC(=O)C(C)=O. The van der Waals surface area contributed by atoms with E-state index in [2.05, 4.69) is 4.74 Å². The first kappa shape index (κ1) is 12.5. The first-order valence-electron chi connectivity index (χ1n) is 3.17. The summed E-state index contributed by atoms with van der Waals surface area (Å²) >= 11 is 0. The Hall–Kier alpha value is -1.19. The third-order valence-electron chi connectivity index (χ3n) is 0.563. The third kappa shape index (κ3) is 12.1. The molecule has 0 saturated heterocycles. The molecule has 0 rings (SSSR count). The summed E-state index contributed by atoms with van der Waals surface area (Å²) in [6.07, 6.45) is 0.750. The van der Waals surface area contributed by atoms with E-state index in [4.69, 9.17) is 4.79 Å². The lowest BCUT2D eigenvalue weighted by Gasteiger charge is -1.93. The van der Waals surface area contributed by atoms with E-state index in [9.17, 15) is 9.59 Å². The van der Waals surface area contributed by atoms with Crippen molar-refractivity contribution in [2.45, 2.75) is 20.8 Å². The van der Waals surface area contributed by atoms with Crippen molar-refractivity contribution in [2.24, 2.45) is 0 Å². The lowest BCUT2D eigenvalue weighted by Crippen LogP contribution is -2.12. The summed E-state index contributed by atoms with van der Waals surface area (Å²) in [7, 11) is 0. The average Bonchev–Trinajstić information content (AvgIpc) is 1.90. The Bertz CT molecular complexity index is 139. The molecule has 0 spiro atoms. The van der Waals surface area contributed by atoms with Crippen LogP contribution in [0.1, 0.15) is 20.8 Å². The molecule has 64 valence electrons. The van der Waals surface area contributed by atoms with Crippen LogP contribution < -0.4 is 0 Å². The van der Waals surface area contributed by atoms with Gasteiger partial charge in [-0.3, -0.25) is 4.79 Å². The van der Waals surface area contributed by atoms with Crippen molar-refractivity contribution in [3.8, 4) is 0 Å². The molecule has 4 nitrogen and oxygen atoms in total. The highest BCUT2D eigenvalue weighted by atomic mass is 16.5. The molecule has 11 heavy (non-hydrogen) atoms. The van der Waals surface area contributed by atoms with Gasteiger partial charge in [-0.2, -0.15) is 0 Å². The van der Waals surface area contributed by atoms with Crippen LogP contribution in [0.5, 0.6) is 0 Å². The number of carbonyl (C=O) groups excluding carboxylic acids is 3. The second-order valence-electron chi connectivity index (χ2n) is 1.51. The van der Waals surface area contributed by atoms with Crippen LogP contribution in [-0.2, 0) is 19.1 Å². The fraction of sp³-hybridized carbons (Fsp3) is 0.571. The summed E-state index contributed by atoms with van der Waals surface area (Å²) < 4.78 is 4.31. The van der Waals surface area contributed by atoms with Crippen LogP contribution in [-0.4, -0.2) is 24.6 Å². The van der Waals surface area contributed by atoms with Crippen LogP contribution >= 0.6 is 0 Å². The normalized spacial score (nSPS) is 7.18. The summed E-state index contributed by atoms with van der Waals surface area (Å²) in [4.78, 5) is 29.0. The van der Waals surface area contributed by atoms with Gasteiger partial charge in [-0.05, 0) is 13.8 Å². The van der Waals surface area contributed by atoms with Crippen LogP contribution in [0.25, 0.3) is 0 Å². The molecule has 0 radical (unpaired) electrons. The molecule has 0 aromatic carbocycles. The quantitative estimate of drug-likeness (QED) is 0.332. The zero-order valence-corrected chi connectivity index (χ0v) is 6.92. The zero-order valence-electron chi connectivity index (χ0n) is 6.92. The first-order chi connectivity index (χ1) is 5.09. The van der Waals surface area contributed by atoms with Crippen molar-refractivity contribution in [3.05, 3.63) is 0 Å². The molecular formula is C7H12O4. The lowest BCUT2D eigenvalue weighted by atomic mass is 10.5. The molecule has 0 heterocycles. The number of hydrogen-bond acceptors (Lipinski definition) is 4. The molecule has 0 unspecified atom stereocenters. The zero-order chi connectivity index (χ0) is 9.28. The molecule has 0 N–H and O–H groups in total. The van der Waals surface area contributed by atoms with E-state index < -0.39 is 11.8 Å². The minimum atomic E-state index is -0.757. The van der Waals surface area contributed by atoms with E-state index in [-0.39, 0.29) is 6.61 Å². The van der Waals surface area contributed by atoms with E-state index in [1.807, 2.05) is 0 Å². The maximum Gasteiger partial charge on any atom is 0.374 e. The fourth-order valence-electron chi connectivity index (χ4n) is 0.233. The Kier molecular flexibility index (Phi) is 10.00. The van der Waals surface area contributed by atoms with Crippen LogP contribution in [0.4, 0.5) is 0 Å². The summed E-state index contributed by atoms with van der Waals surface area (Å²) in [5.41, 5.74) is 0. The van der Waals surface area contributed by atoms with E-state index in [1.54, 1.807) is 6.92 Å². The van der Waals surface area contributed by atoms with Crippen molar-refractivity contribution in [3.63, 3.8) is 0 Å². The Balaban J connectivity index is 0. The molecule has 4 heteroatoms. The molecule has 0 aromatic heterocycles. The monoisotopic (exact) mass is 160 g/mol. The Morgan fingerprint density at radius 3 is 1.91 bits per heavy atom. The number of carbonyl (C=O) groups is 3. The first-order valence-corrected chi connectivity index (χ1v) is 3.17. The highest BCUT2D eigenvalue weighted by Crippen LogP contribution is 1.77. The second-order valence-corrected chi connectivity index (χ2v) is 1.51. The molecule has 0 saturated carbocycles. The molecule has 0 aliphatic heterocycles. The van der Waals surface area contributed by atoms with Gasteiger partial charge in [0.25, 0.3) is 0 Å². The summed E-state index contributed by atoms with van der Waals surface area (Å²) in [5, 5.41) is 0. The molecule has 0 aromatic rings. The molecule has 0 aliphatic carbocycles. The molecule has 0 atom stereocenters. The highest BCUT2D eigenvalue weighted by molar-refractivity contribution is 6.32. The minimum absolute atomic E-state index is 0.262. The Labute approximate surface area is 65.5 Å². The predicted molar refractivity (Wildman–Crippen MR) is 39.1 cm³/mol. The van der Waals surface area contributed by atoms with Crippen LogP contribution in [0.2, 0.25) is 0 Å². The molecule has 0 fully saturated rings. The van der Waals surface area contributed by atoms with Crippen molar-refractivity contribution >= 4 is 18.0 Å². The lowest BCUT2D eigenvalue weighted by molar-refractivity contribution is -0.152. The number of aldehydes is 1. The van der Waals surface area contributed by atoms with E-state index >= 15 is 0 Å². The highest BCUT2D eigenvalue weighted by Gasteiger charge is 2.05. The number of ketones is 1. The summed E-state index contributed by atoms with van der Waals surface area (Å²) in [6.45, 7) is 4.54. The van der Waals surface area contributed by atoms with Gasteiger partial charge in [-0.25, -0.2) is 4.79 Å². The second kappa shape index (κ2) is 8.81. The van der Waals surface area contributed by atoms with Gasteiger partial charge in [-0.15, -0.1) is 0 Å². The molecular weight excluding hydrogens is 148 g/mol. The van der Waals surface area contributed by atoms with Gasteiger partial charge in [-0.1, -0.05) is 0 Å². The van der Waals surface area contributed by atoms with Gasteiger partial charge in [0.15, 0.2) is 0 Å². The maximum atomic E-state index is 10.2. The Morgan fingerprint density at radius 2 is 1.82 bits per heavy atom. The number of esters is 1. The van der Waals surface area contributed by atoms with Gasteiger partial charge in [0, 0.05) is 6.92 Å². The van der Waals surface area contributed by atoms with Gasteiger partial charge in [0.2, 0.25) is 5.78 Å². The summed E-state index contributed by atoms with van der Waals surface area (Å²) in [6, 6.07) is 0. The largest absolute Gasteiger partial charge is 0.460 e. The van der Waals surface area contributed by atoms with Crippen molar-refractivity contribution in [1.29, 1.82) is 0 Å². The van der Waals surface area contributed by atoms with E-state index in [1.165, 1.54) is 13.8 Å². The predicted octanol–water partition coefficient (Wildman–Crippen LogP) is 0.344. The van der Waals surface area contributed by atoms with Crippen molar-refractivity contribution < 1.29 is 19.1 Å². The smallest absolute Gasteiger partial charge is 0.374 e. The van der Waals surface area contributed by atoms with Gasteiger partial charge >= 0.3 is 5.97 Å². The standard InChI is InChI=1S/C5H8O3.C2H4O/c1-3-8-5(7)4(2)6;1-2-3/h3H2,1-2H3;2H,1H3. The Morgan fingerprint density at radius 1 is 1.45 bits per heavy atom. The van der Waals surface area contributed by atoms with Crippen LogP contribution in [0.15, 0.2) is 0 Å². The average molecular weight is 160 g/mol. The van der Waals surface area contributed by atoms with E-state index in [0.29, 0.717) is 0 Å². The van der Waals surface area contributed by atoms with Crippen LogP contribution in [0, 0.1) is 0 Å².